The van der Waals surface area contributed by atoms with E-state index in [2.05, 4.69) is 34.9 Å². The van der Waals surface area contributed by atoms with E-state index in [9.17, 15) is 0 Å². The Bertz CT molecular complexity index is 491. The Kier molecular flexibility index (Phi) is 4.52. The van der Waals surface area contributed by atoms with Gasteiger partial charge in [-0.05, 0) is 25.3 Å². The zero-order chi connectivity index (χ0) is 13.0. The fourth-order valence-corrected chi connectivity index (χ4v) is 2.70. The first-order valence-corrected chi connectivity index (χ1v) is 6.97. The minimum atomic E-state index is 0.129. The number of hydrogen-bond acceptors (Lipinski definition) is 4. The van der Waals surface area contributed by atoms with Crippen LogP contribution in [0, 0.1) is 13.8 Å². The van der Waals surface area contributed by atoms with Crippen LogP contribution in [0.15, 0.2) is 17.5 Å². The Morgan fingerprint density at radius 2 is 2.22 bits per heavy atom. The van der Waals surface area contributed by atoms with Crippen LogP contribution in [0.3, 0.4) is 0 Å². The van der Waals surface area contributed by atoms with Crippen molar-refractivity contribution in [1.29, 1.82) is 0 Å². The maximum atomic E-state index is 8.97. The molecular weight excluding hydrogens is 246 g/mol. The van der Waals surface area contributed by atoms with Crippen LogP contribution in [0.4, 0.5) is 0 Å². The zero-order valence-electron chi connectivity index (χ0n) is 10.8. The van der Waals surface area contributed by atoms with Crippen molar-refractivity contribution in [2.75, 3.05) is 6.61 Å². The lowest BCUT2D eigenvalue weighted by molar-refractivity contribution is 0.267. The monoisotopic (exact) mass is 265 g/mol. The maximum absolute atomic E-state index is 8.97. The van der Waals surface area contributed by atoms with Gasteiger partial charge in [-0.25, -0.2) is 0 Å². The van der Waals surface area contributed by atoms with Gasteiger partial charge in [-0.1, -0.05) is 6.07 Å². The van der Waals surface area contributed by atoms with Gasteiger partial charge < -0.3 is 10.4 Å². The fraction of sp³-hybridized carbons (Fsp3) is 0.462. The first-order valence-electron chi connectivity index (χ1n) is 6.09. The highest BCUT2D eigenvalue weighted by molar-refractivity contribution is 7.09. The molecule has 0 bridgehead atoms. The molecule has 18 heavy (non-hydrogen) atoms. The molecule has 0 aliphatic heterocycles. The quantitative estimate of drug-likeness (QED) is 0.838. The van der Waals surface area contributed by atoms with E-state index in [-0.39, 0.29) is 6.61 Å². The molecule has 0 aliphatic rings. The van der Waals surface area contributed by atoms with E-state index in [1.54, 1.807) is 11.3 Å². The third-order valence-corrected chi connectivity index (χ3v) is 3.90. The van der Waals surface area contributed by atoms with Crippen LogP contribution in [-0.2, 0) is 19.6 Å². The van der Waals surface area contributed by atoms with Crippen LogP contribution in [0.1, 0.15) is 21.8 Å². The predicted octanol–water partition coefficient (Wildman–Crippen LogP) is 1.84. The average Bonchev–Trinajstić information content (AvgIpc) is 2.93. The van der Waals surface area contributed by atoms with Gasteiger partial charge >= 0.3 is 0 Å². The Labute approximate surface area is 111 Å². The highest BCUT2D eigenvalue weighted by Gasteiger charge is 2.10. The van der Waals surface area contributed by atoms with E-state index in [1.165, 1.54) is 10.4 Å². The summed E-state index contributed by atoms with van der Waals surface area (Å²) in [4.78, 5) is 1.34. The number of nitrogens with zero attached hydrogens (tertiary/aromatic N) is 2. The number of aliphatic hydroxyl groups is 1. The van der Waals surface area contributed by atoms with Gasteiger partial charge in [0.25, 0.3) is 0 Å². The van der Waals surface area contributed by atoms with E-state index in [0.29, 0.717) is 6.54 Å². The Morgan fingerprint density at radius 1 is 1.39 bits per heavy atom. The zero-order valence-corrected chi connectivity index (χ0v) is 11.6. The molecule has 0 fully saturated rings. The molecule has 98 valence electrons. The van der Waals surface area contributed by atoms with Crippen molar-refractivity contribution in [3.05, 3.63) is 39.3 Å². The van der Waals surface area contributed by atoms with Crippen molar-refractivity contribution in [1.82, 2.24) is 15.1 Å². The van der Waals surface area contributed by atoms with Gasteiger partial charge in [0.1, 0.15) is 0 Å². The minimum Gasteiger partial charge on any atom is -0.394 e. The van der Waals surface area contributed by atoms with E-state index in [0.717, 1.165) is 24.5 Å². The van der Waals surface area contributed by atoms with Crippen molar-refractivity contribution in [3.8, 4) is 0 Å². The Balaban J connectivity index is 1.96. The molecular formula is C13H19N3OS. The molecule has 0 saturated heterocycles. The molecule has 0 aromatic carbocycles. The molecule has 0 unspecified atom stereocenters. The van der Waals surface area contributed by atoms with Gasteiger partial charge in [-0.15, -0.1) is 11.3 Å². The molecule has 0 spiro atoms. The number of rotatable bonds is 6. The first kappa shape index (κ1) is 13.3. The van der Waals surface area contributed by atoms with Crippen LogP contribution in [0.2, 0.25) is 0 Å². The van der Waals surface area contributed by atoms with Gasteiger partial charge in [-0.2, -0.15) is 5.10 Å². The predicted molar refractivity (Wildman–Crippen MR) is 73.6 cm³/mol. The molecule has 5 heteroatoms. The number of nitrogens with one attached hydrogen (secondary N) is 1. The Morgan fingerprint density at radius 3 is 2.89 bits per heavy atom. The summed E-state index contributed by atoms with van der Waals surface area (Å²) >= 11 is 1.76. The molecule has 2 aromatic rings. The Hall–Kier alpha value is -1.17. The van der Waals surface area contributed by atoms with Crippen molar-refractivity contribution < 1.29 is 5.11 Å². The molecule has 0 radical (unpaired) electrons. The van der Waals surface area contributed by atoms with Gasteiger partial charge in [0, 0.05) is 29.2 Å². The average molecular weight is 265 g/mol. The van der Waals surface area contributed by atoms with Crippen molar-refractivity contribution >= 4 is 11.3 Å². The smallest absolute Gasteiger partial charge is 0.0644 e. The second kappa shape index (κ2) is 6.13. The van der Waals surface area contributed by atoms with Gasteiger partial charge in [0.15, 0.2) is 0 Å². The molecule has 0 amide bonds. The minimum absolute atomic E-state index is 0.129. The molecule has 0 saturated carbocycles. The SMILES string of the molecule is Cc1nn(CCO)c(C)c1CNCc1cccs1. The van der Waals surface area contributed by atoms with Crippen molar-refractivity contribution in [2.24, 2.45) is 0 Å². The summed E-state index contributed by atoms with van der Waals surface area (Å²) < 4.78 is 1.87. The van der Waals surface area contributed by atoms with E-state index >= 15 is 0 Å². The van der Waals surface area contributed by atoms with Gasteiger partial charge in [0.05, 0.1) is 18.8 Å². The summed E-state index contributed by atoms with van der Waals surface area (Å²) in [7, 11) is 0. The fourth-order valence-electron chi connectivity index (χ4n) is 2.03. The van der Waals surface area contributed by atoms with Crippen LogP contribution >= 0.6 is 11.3 Å². The number of hydrogen-bond donors (Lipinski definition) is 2. The maximum Gasteiger partial charge on any atom is 0.0644 e. The topological polar surface area (TPSA) is 50.1 Å². The summed E-state index contributed by atoms with van der Waals surface area (Å²) in [6, 6.07) is 4.20. The summed E-state index contributed by atoms with van der Waals surface area (Å²) in [5.41, 5.74) is 3.42. The summed E-state index contributed by atoms with van der Waals surface area (Å²) in [5.74, 6) is 0. The van der Waals surface area contributed by atoms with Crippen LogP contribution in [-0.4, -0.2) is 21.5 Å². The number of aromatic nitrogens is 2. The molecule has 2 N–H and O–H groups in total. The van der Waals surface area contributed by atoms with Gasteiger partial charge in [-0.3, -0.25) is 4.68 Å². The largest absolute Gasteiger partial charge is 0.394 e. The molecule has 2 heterocycles. The molecule has 2 rings (SSSR count). The first-order chi connectivity index (χ1) is 8.72. The van der Waals surface area contributed by atoms with Crippen LogP contribution < -0.4 is 5.32 Å². The van der Waals surface area contributed by atoms with Crippen LogP contribution in [0.25, 0.3) is 0 Å². The lowest BCUT2D eigenvalue weighted by Crippen LogP contribution is -2.13. The molecule has 0 aliphatic carbocycles. The highest BCUT2D eigenvalue weighted by atomic mass is 32.1. The number of aryl methyl sites for hydroxylation is 1. The lowest BCUT2D eigenvalue weighted by Gasteiger charge is -2.05. The van der Waals surface area contributed by atoms with Crippen molar-refractivity contribution in [2.45, 2.75) is 33.5 Å². The summed E-state index contributed by atoms with van der Waals surface area (Å²) in [5, 5.41) is 18.9. The third-order valence-electron chi connectivity index (χ3n) is 3.02. The molecule has 0 atom stereocenters. The number of thiophene rings is 1. The van der Waals surface area contributed by atoms with Crippen LogP contribution in [0.5, 0.6) is 0 Å². The second-order valence-electron chi connectivity index (χ2n) is 4.28. The molecule has 4 nitrogen and oxygen atoms in total. The lowest BCUT2D eigenvalue weighted by atomic mass is 10.2. The second-order valence-corrected chi connectivity index (χ2v) is 5.31. The van der Waals surface area contributed by atoms with E-state index in [1.807, 2.05) is 11.6 Å². The van der Waals surface area contributed by atoms with E-state index < -0.39 is 0 Å². The molecule has 2 aromatic heterocycles. The van der Waals surface area contributed by atoms with Crippen molar-refractivity contribution in [3.63, 3.8) is 0 Å². The standard InChI is InChI=1S/C13H19N3OS/c1-10-13(11(2)16(15-10)5-6-17)9-14-8-12-4-3-7-18-12/h3-4,7,14,17H,5-6,8-9H2,1-2H3. The normalized spacial score (nSPS) is 11.1. The third kappa shape index (κ3) is 2.98. The number of aliphatic hydroxyl groups excluding tert-OH is 1. The summed E-state index contributed by atoms with van der Waals surface area (Å²) in [6.07, 6.45) is 0. The van der Waals surface area contributed by atoms with Gasteiger partial charge in [0.2, 0.25) is 0 Å². The highest BCUT2D eigenvalue weighted by Crippen LogP contribution is 2.13. The summed E-state index contributed by atoms with van der Waals surface area (Å²) in [6.45, 7) is 6.48. The van der Waals surface area contributed by atoms with E-state index in [4.69, 9.17) is 5.11 Å².